The zero-order chi connectivity index (χ0) is 12.3. The molecule has 104 valence electrons. The van der Waals surface area contributed by atoms with Gasteiger partial charge in [0.1, 0.15) is 5.72 Å². The quantitative estimate of drug-likeness (QED) is 0.720. The largest absolute Gasteiger partial charge is 0.381 e. The lowest BCUT2D eigenvalue weighted by molar-refractivity contribution is -0.174. The Morgan fingerprint density at radius 3 is 2.06 bits per heavy atom. The molecule has 2 heterocycles. The second-order valence-corrected chi connectivity index (χ2v) is 6.52. The average Bonchev–Trinajstić information content (AvgIpc) is 2.39. The first-order valence-electron chi connectivity index (χ1n) is 7.80. The minimum Gasteiger partial charge on any atom is -0.381 e. The molecule has 1 aliphatic carbocycles. The Kier molecular flexibility index (Phi) is 3.92. The first-order chi connectivity index (χ1) is 8.83. The van der Waals surface area contributed by atoms with Crippen molar-refractivity contribution < 1.29 is 9.47 Å². The molecule has 2 aliphatic heterocycles. The average molecular weight is 253 g/mol. The summed E-state index contributed by atoms with van der Waals surface area (Å²) in [5.74, 6) is 0. The molecule has 0 unspecified atom stereocenters. The van der Waals surface area contributed by atoms with Crippen LogP contribution in [0.15, 0.2) is 0 Å². The summed E-state index contributed by atoms with van der Waals surface area (Å²) in [4.78, 5) is 0. The third-order valence-corrected chi connectivity index (χ3v) is 5.15. The zero-order valence-electron chi connectivity index (χ0n) is 11.5. The minimum absolute atomic E-state index is 0.0178. The van der Waals surface area contributed by atoms with E-state index in [9.17, 15) is 0 Å². The summed E-state index contributed by atoms with van der Waals surface area (Å²) >= 11 is 0. The van der Waals surface area contributed by atoms with E-state index < -0.39 is 0 Å². The van der Waals surface area contributed by atoms with Crippen LogP contribution in [0.1, 0.15) is 57.8 Å². The van der Waals surface area contributed by atoms with Crippen LogP contribution in [0.25, 0.3) is 0 Å². The van der Waals surface area contributed by atoms with Gasteiger partial charge < -0.3 is 9.47 Å². The number of hydrogen-bond donors (Lipinski definition) is 1. The number of nitrogens with one attached hydrogen (secondary N) is 1. The number of ether oxygens (including phenoxy) is 2. The summed E-state index contributed by atoms with van der Waals surface area (Å²) in [7, 11) is 0. The van der Waals surface area contributed by atoms with Crippen molar-refractivity contribution in [1.29, 1.82) is 0 Å². The molecule has 0 bridgehead atoms. The molecule has 3 heteroatoms. The lowest BCUT2D eigenvalue weighted by Gasteiger charge is -2.49. The highest BCUT2D eigenvalue weighted by molar-refractivity contribution is 4.93. The summed E-state index contributed by atoms with van der Waals surface area (Å²) in [6, 6.07) is 0. The Labute approximate surface area is 111 Å². The summed E-state index contributed by atoms with van der Waals surface area (Å²) in [6.07, 6.45) is 11.6. The second kappa shape index (κ2) is 5.48. The van der Waals surface area contributed by atoms with Crippen LogP contribution in [0.4, 0.5) is 0 Å². The van der Waals surface area contributed by atoms with E-state index in [1.54, 1.807) is 0 Å². The third kappa shape index (κ3) is 2.73. The van der Waals surface area contributed by atoms with Gasteiger partial charge in [-0.2, -0.15) is 0 Å². The van der Waals surface area contributed by atoms with Gasteiger partial charge in [0.25, 0.3) is 0 Å². The van der Waals surface area contributed by atoms with Gasteiger partial charge in [-0.25, -0.2) is 0 Å². The molecular weight excluding hydrogens is 226 g/mol. The lowest BCUT2D eigenvalue weighted by atomic mass is 9.78. The van der Waals surface area contributed by atoms with E-state index >= 15 is 0 Å². The third-order valence-electron chi connectivity index (χ3n) is 5.15. The molecule has 0 radical (unpaired) electrons. The minimum atomic E-state index is 0.0178. The monoisotopic (exact) mass is 253 g/mol. The maximum atomic E-state index is 6.37. The Hall–Kier alpha value is -0.120. The van der Waals surface area contributed by atoms with Crippen molar-refractivity contribution in [2.75, 3.05) is 26.4 Å². The van der Waals surface area contributed by atoms with E-state index in [4.69, 9.17) is 9.47 Å². The number of rotatable bonds is 0. The highest BCUT2D eigenvalue weighted by atomic mass is 16.5. The van der Waals surface area contributed by atoms with Gasteiger partial charge in [0.15, 0.2) is 0 Å². The molecule has 2 saturated heterocycles. The predicted molar refractivity (Wildman–Crippen MR) is 71.5 cm³/mol. The lowest BCUT2D eigenvalue weighted by Crippen LogP contribution is -2.60. The molecule has 0 aromatic carbocycles. The van der Waals surface area contributed by atoms with Gasteiger partial charge in [-0.1, -0.05) is 19.3 Å². The molecule has 18 heavy (non-hydrogen) atoms. The molecule has 0 atom stereocenters. The topological polar surface area (TPSA) is 30.5 Å². The van der Waals surface area contributed by atoms with Crippen LogP contribution < -0.4 is 5.32 Å². The van der Waals surface area contributed by atoms with Gasteiger partial charge in [0, 0.05) is 25.2 Å². The Balaban J connectivity index is 1.60. The van der Waals surface area contributed by atoms with E-state index in [0.29, 0.717) is 5.41 Å². The SMILES string of the molecule is C1CCCC2(CCC1)NCC1(CCOCC1)CO2. The summed E-state index contributed by atoms with van der Waals surface area (Å²) in [6.45, 7) is 3.91. The number of hydrogen-bond acceptors (Lipinski definition) is 3. The predicted octanol–water partition coefficient (Wildman–Crippen LogP) is 2.84. The Morgan fingerprint density at radius 1 is 0.778 bits per heavy atom. The van der Waals surface area contributed by atoms with Crippen LogP contribution in [0.2, 0.25) is 0 Å². The van der Waals surface area contributed by atoms with Gasteiger partial charge in [-0.05, 0) is 38.5 Å². The van der Waals surface area contributed by atoms with Gasteiger partial charge in [-0.15, -0.1) is 0 Å². The maximum absolute atomic E-state index is 6.37. The normalized spacial score (nSPS) is 32.0. The summed E-state index contributed by atoms with van der Waals surface area (Å²) in [5.41, 5.74) is 0.385. The highest BCUT2D eigenvalue weighted by Crippen LogP contribution is 2.38. The fraction of sp³-hybridized carbons (Fsp3) is 1.00. The van der Waals surface area contributed by atoms with E-state index in [-0.39, 0.29) is 5.72 Å². The van der Waals surface area contributed by atoms with Crippen LogP contribution >= 0.6 is 0 Å². The van der Waals surface area contributed by atoms with Crippen molar-refractivity contribution >= 4 is 0 Å². The molecule has 3 aliphatic rings. The van der Waals surface area contributed by atoms with Gasteiger partial charge in [0.05, 0.1) is 6.61 Å². The van der Waals surface area contributed by atoms with Crippen molar-refractivity contribution in [2.45, 2.75) is 63.5 Å². The van der Waals surface area contributed by atoms with Gasteiger partial charge in [-0.3, -0.25) is 5.32 Å². The van der Waals surface area contributed by atoms with E-state index in [1.165, 1.54) is 44.9 Å². The smallest absolute Gasteiger partial charge is 0.119 e. The van der Waals surface area contributed by atoms with Gasteiger partial charge in [0.2, 0.25) is 0 Å². The Morgan fingerprint density at radius 2 is 1.44 bits per heavy atom. The van der Waals surface area contributed by atoms with Crippen LogP contribution in [0.3, 0.4) is 0 Å². The molecule has 0 aromatic rings. The van der Waals surface area contributed by atoms with Crippen LogP contribution in [0, 0.1) is 5.41 Å². The first kappa shape index (κ1) is 12.9. The van der Waals surface area contributed by atoms with Crippen LogP contribution in [0.5, 0.6) is 0 Å². The van der Waals surface area contributed by atoms with Crippen molar-refractivity contribution in [3.05, 3.63) is 0 Å². The molecule has 1 saturated carbocycles. The van der Waals surface area contributed by atoms with Crippen molar-refractivity contribution in [3.8, 4) is 0 Å². The van der Waals surface area contributed by atoms with Crippen LogP contribution in [-0.4, -0.2) is 32.1 Å². The van der Waals surface area contributed by atoms with E-state index in [2.05, 4.69) is 5.32 Å². The molecule has 2 spiro atoms. The molecule has 3 rings (SSSR count). The second-order valence-electron chi connectivity index (χ2n) is 6.52. The molecule has 0 amide bonds. The summed E-state index contributed by atoms with van der Waals surface area (Å²) in [5, 5.41) is 3.78. The fourth-order valence-electron chi connectivity index (χ4n) is 3.66. The molecule has 3 fully saturated rings. The molecule has 1 N–H and O–H groups in total. The molecule has 3 nitrogen and oxygen atoms in total. The maximum Gasteiger partial charge on any atom is 0.119 e. The van der Waals surface area contributed by atoms with E-state index in [1.807, 2.05) is 0 Å². The van der Waals surface area contributed by atoms with Crippen LogP contribution in [-0.2, 0) is 9.47 Å². The highest BCUT2D eigenvalue weighted by Gasteiger charge is 2.43. The summed E-state index contributed by atoms with van der Waals surface area (Å²) < 4.78 is 11.9. The first-order valence-corrected chi connectivity index (χ1v) is 7.80. The van der Waals surface area contributed by atoms with E-state index in [0.717, 1.165) is 39.2 Å². The molecule has 0 aromatic heterocycles. The fourth-order valence-corrected chi connectivity index (χ4v) is 3.66. The van der Waals surface area contributed by atoms with Crippen molar-refractivity contribution in [2.24, 2.45) is 5.41 Å². The standard InChI is InChI=1S/C15H27NO2/c1-2-4-6-15(7-5-3-1)16-12-14(13-18-15)8-10-17-11-9-14/h16H,1-13H2. The Bertz CT molecular complexity index is 254. The van der Waals surface area contributed by atoms with Crippen molar-refractivity contribution in [3.63, 3.8) is 0 Å². The molecular formula is C15H27NO2. The van der Waals surface area contributed by atoms with Crippen molar-refractivity contribution in [1.82, 2.24) is 5.32 Å². The zero-order valence-corrected chi connectivity index (χ0v) is 11.5. The van der Waals surface area contributed by atoms with Gasteiger partial charge >= 0.3 is 0 Å².